The smallest absolute Gasteiger partial charge is 0.304 e. The number of aromatic nitrogens is 1. The van der Waals surface area contributed by atoms with Crippen molar-refractivity contribution in [3.63, 3.8) is 0 Å². The first-order chi connectivity index (χ1) is 9.47. The number of anilines is 2. The lowest BCUT2D eigenvalue weighted by atomic mass is 10.2. The van der Waals surface area contributed by atoms with Gasteiger partial charge < -0.3 is 11.1 Å². The van der Waals surface area contributed by atoms with Crippen LogP contribution in [0.1, 0.15) is 10.4 Å². The fraction of sp³-hybridized carbons (Fsp3) is 0. The minimum absolute atomic E-state index is 0.106. The van der Waals surface area contributed by atoms with Crippen LogP contribution in [-0.4, -0.2) is 15.8 Å². The molecule has 0 saturated heterocycles. The number of nitro groups is 1. The van der Waals surface area contributed by atoms with Crippen molar-refractivity contribution in [2.45, 2.75) is 0 Å². The van der Waals surface area contributed by atoms with Gasteiger partial charge in [-0.15, -0.1) is 0 Å². The molecule has 1 amide bonds. The Hall–Kier alpha value is -3.03. The van der Waals surface area contributed by atoms with E-state index in [2.05, 4.69) is 10.3 Å². The molecule has 0 saturated carbocycles. The van der Waals surface area contributed by atoms with E-state index in [1.54, 1.807) is 0 Å². The highest BCUT2D eigenvalue weighted by molar-refractivity contribution is 6.04. The highest BCUT2D eigenvalue weighted by atomic mass is 19.1. The Kier molecular flexibility index (Phi) is 3.56. The summed E-state index contributed by atoms with van der Waals surface area (Å²) in [5.41, 5.74) is 5.07. The zero-order chi connectivity index (χ0) is 14.7. The van der Waals surface area contributed by atoms with Gasteiger partial charge in [-0.1, -0.05) is 0 Å². The second-order valence-corrected chi connectivity index (χ2v) is 3.85. The van der Waals surface area contributed by atoms with Crippen molar-refractivity contribution in [3.8, 4) is 0 Å². The maximum absolute atomic E-state index is 13.4. The third-order valence-corrected chi connectivity index (χ3v) is 2.45. The van der Waals surface area contributed by atoms with Crippen LogP contribution >= 0.6 is 0 Å². The Bertz CT molecular complexity index is 673. The van der Waals surface area contributed by atoms with Crippen LogP contribution in [0, 0.1) is 15.9 Å². The summed E-state index contributed by atoms with van der Waals surface area (Å²) in [4.78, 5) is 25.2. The van der Waals surface area contributed by atoms with Gasteiger partial charge in [0.05, 0.1) is 10.5 Å². The number of carbonyl (C=O) groups is 1. The molecule has 0 atom stereocenters. The van der Waals surface area contributed by atoms with Crippen LogP contribution in [-0.2, 0) is 0 Å². The average molecular weight is 276 g/mol. The van der Waals surface area contributed by atoms with Crippen molar-refractivity contribution in [1.82, 2.24) is 4.98 Å². The van der Waals surface area contributed by atoms with Crippen molar-refractivity contribution in [1.29, 1.82) is 0 Å². The lowest BCUT2D eigenvalue weighted by Crippen LogP contribution is -2.12. The minimum Gasteiger partial charge on any atom is -0.384 e. The molecule has 0 radical (unpaired) electrons. The van der Waals surface area contributed by atoms with Gasteiger partial charge in [-0.05, 0) is 18.2 Å². The van der Waals surface area contributed by atoms with Crippen LogP contribution in [0.4, 0.5) is 21.6 Å². The fourth-order valence-electron chi connectivity index (χ4n) is 1.48. The van der Waals surface area contributed by atoms with Gasteiger partial charge in [-0.25, -0.2) is 4.98 Å². The highest BCUT2D eigenvalue weighted by Gasteiger charge is 2.15. The molecule has 8 heteroatoms. The molecular formula is C12H9FN4O3. The summed E-state index contributed by atoms with van der Waals surface area (Å²) < 4.78 is 13.4. The third-order valence-electron chi connectivity index (χ3n) is 2.45. The SMILES string of the molecule is Nc1ccc(C(=O)Nc2ccc([N+](=O)[O-])c(F)c2)cn1. The summed E-state index contributed by atoms with van der Waals surface area (Å²) in [6.07, 6.45) is 1.27. The van der Waals surface area contributed by atoms with Crippen LogP contribution in [0.2, 0.25) is 0 Å². The number of rotatable bonds is 3. The van der Waals surface area contributed by atoms with Gasteiger partial charge in [0.25, 0.3) is 5.91 Å². The van der Waals surface area contributed by atoms with Gasteiger partial charge in [-0.2, -0.15) is 4.39 Å². The minimum atomic E-state index is -1.02. The standard InChI is InChI=1S/C12H9FN4O3/c13-9-5-8(2-3-10(9)17(19)20)16-12(18)7-1-4-11(14)15-6-7/h1-6H,(H2,14,15)(H,16,18). The van der Waals surface area contributed by atoms with Crippen molar-refractivity contribution in [2.24, 2.45) is 0 Å². The summed E-state index contributed by atoms with van der Waals surface area (Å²) in [6.45, 7) is 0. The van der Waals surface area contributed by atoms with Gasteiger partial charge >= 0.3 is 5.69 Å². The molecular weight excluding hydrogens is 267 g/mol. The molecule has 0 spiro atoms. The zero-order valence-corrected chi connectivity index (χ0v) is 10.0. The number of nitrogens with zero attached hydrogens (tertiary/aromatic N) is 2. The largest absolute Gasteiger partial charge is 0.384 e. The summed E-state index contributed by atoms with van der Waals surface area (Å²) in [5, 5.41) is 12.9. The molecule has 1 aromatic carbocycles. The summed E-state index contributed by atoms with van der Waals surface area (Å²) in [6, 6.07) is 6.00. The predicted octanol–water partition coefficient (Wildman–Crippen LogP) is 1.96. The van der Waals surface area contributed by atoms with Crippen LogP contribution in [0.15, 0.2) is 36.5 Å². The first kappa shape index (κ1) is 13.4. The van der Waals surface area contributed by atoms with E-state index >= 15 is 0 Å². The van der Waals surface area contributed by atoms with Crippen molar-refractivity contribution >= 4 is 23.1 Å². The van der Waals surface area contributed by atoms with Gasteiger partial charge in [-0.3, -0.25) is 14.9 Å². The Morgan fingerprint density at radius 2 is 2.10 bits per heavy atom. The molecule has 0 aliphatic rings. The molecule has 1 heterocycles. The lowest BCUT2D eigenvalue weighted by Gasteiger charge is -2.05. The predicted molar refractivity (Wildman–Crippen MR) is 69.7 cm³/mol. The number of nitro benzene ring substituents is 1. The van der Waals surface area contributed by atoms with E-state index in [1.165, 1.54) is 24.4 Å². The van der Waals surface area contributed by atoms with E-state index < -0.39 is 22.3 Å². The quantitative estimate of drug-likeness (QED) is 0.657. The maximum atomic E-state index is 13.4. The monoisotopic (exact) mass is 276 g/mol. The number of nitrogen functional groups attached to an aromatic ring is 1. The third kappa shape index (κ3) is 2.86. The normalized spacial score (nSPS) is 10.1. The number of carbonyl (C=O) groups excluding carboxylic acids is 1. The van der Waals surface area contributed by atoms with Gasteiger partial charge in [0.1, 0.15) is 5.82 Å². The van der Waals surface area contributed by atoms with Crippen LogP contribution in [0.5, 0.6) is 0 Å². The number of hydrogen-bond donors (Lipinski definition) is 2. The number of amides is 1. The van der Waals surface area contributed by atoms with E-state index in [9.17, 15) is 19.3 Å². The van der Waals surface area contributed by atoms with E-state index in [1.807, 2.05) is 0 Å². The first-order valence-electron chi connectivity index (χ1n) is 5.44. The molecule has 3 N–H and O–H groups in total. The van der Waals surface area contributed by atoms with Crippen molar-refractivity contribution < 1.29 is 14.1 Å². The van der Waals surface area contributed by atoms with Crippen molar-refractivity contribution in [2.75, 3.05) is 11.1 Å². The summed E-state index contributed by atoms with van der Waals surface area (Å²) in [7, 11) is 0. The van der Waals surface area contributed by atoms with E-state index in [-0.39, 0.29) is 17.1 Å². The molecule has 2 rings (SSSR count). The zero-order valence-electron chi connectivity index (χ0n) is 10.0. The van der Waals surface area contributed by atoms with E-state index in [0.717, 1.165) is 12.1 Å². The Morgan fingerprint density at radius 3 is 2.65 bits per heavy atom. The van der Waals surface area contributed by atoms with Gasteiger partial charge in [0.2, 0.25) is 5.82 Å². The molecule has 0 aliphatic heterocycles. The van der Waals surface area contributed by atoms with E-state index in [0.29, 0.717) is 0 Å². The lowest BCUT2D eigenvalue weighted by molar-refractivity contribution is -0.387. The molecule has 0 unspecified atom stereocenters. The number of pyridine rings is 1. The summed E-state index contributed by atoms with van der Waals surface area (Å²) >= 11 is 0. The molecule has 0 fully saturated rings. The average Bonchev–Trinajstić information content (AvgIpc) is 2.39. The molecule has 20 heavy (non-hydrogen) atoms. The second kappa shape index (κ2) is 5.31. The van der Waals surface area contributed by atoms with Crippen LogP contribution < -0.4 is 11.1 Å². The number of nitrogens with two attached hydrogens (primary N) is 1. The molecule has 102 valence electrons. The Labute approximate surface area is 112 Å². The highest BCUT2D eigenvalue weighted by Crippen LogP contribution is 2.21. The topological polar surface area (TPSA) is 111 Å². The molecule has 2 aromatic rings. The Balaban J connectivity index is 2.18. The molecule has 0 bridgehead atoms. The van der Waals surface area contributed by atoms with Gasteiger partial charge in [0.15, 0.2) is 0 Å². The second-order valence-electron chi connectivity index (χ2n) is 3.85. The summed E-state index contributed by atoms with van der Waals surface area (Å²) in [5.74, 6) is -1.28. The molecule has 0 aliphatic carbocycles. The Morgan fingerprint density at radius 1 is 1.35 bits per heavy atom. The number of benzene rings is 1. The number of nitrogens with one attached hydrogen (secondary N) is 1. The van der Waals surface area contributed by atoms with Crippen LogP contribution in [0.25, 0.3) is 0 Å². The van der Waals surface area contributed by atoms with Gasteiger partial charge in [0, 0.05) is 24.0 Å². The number of halogens is 1. The first-order valence-corrected chi connectivity index (χ1v) is 5.44. The maximum Gasteiger partial charge on any atom is 0.304 e. The molecule has 1 aromatic heterocycles. The van der Waals surface area contributed by atoms with E-state index in [4.69, 9.17) is 5.73 Å². The fourth-order valence-corrected chi connectivity index (χ4v) is 1.48. The molecule has 7 nitrogen and oxygen atoms in total. The van der Waals surface area contributed by atoms with Crippen LogP contribution in [0.3, 0.4) is 0 Å². The van der Waals surface area contributed by atoms with Crippen molar-refractivity contribution in [3.05, 3.63) is 58.0 Å². The number of hydrogen-bond acceptors (Lipinski definition) is 5.